The largest absolute Gasteiger partial charge is 0.385 e. The van der Waals surface area contributed by atoms with E-state index >= 15 is 0 Å². The van der Waals surface area contributed by atoms with E-state index in [9.17, 15) is 0 Å². The lowest BCUT2D eigenvalue weighted by Gasteiger charge is -2.07. The van der Waals surface area contributed by atoms with Crippen LogP contribution in [-0.4, -0.2) is 6.54 Å². The molecule has 1 aromatic rings. The number of nitrogens with one attached hydrogen (secondary N) is 1. The summed E-state index contributed by atoms with van der Waals surface area (Å²) in [6.07, 6.45) is 11.0. The van der Waals surface area contributed by atoms with Gasteiger partial charge in [-0.15, -0.1) is 11.6 Å². The molecule has 0 aliphatic rings. The molecule has 0 aromatic heterocycles. The zero-order valence-electron chi connectivity index (χ0n) is 12.3. The molecule has 0 unspecified atom stereocenters. The molecule has 0 spiro atoms. The predicted octanol–water partition coefficient (Wildman–Crippen LogP) is 5.98. The molecule has 0 atom stereocenters. The van der Waals surface area contributed by atoms with Crippen LogP contribution in [0.3, 0.4) is 0 Å². The first-order valence-corrected chi connectivity index (χ1v) is 8.29. The molecule has 1 N–H and O–H groups in total. The lowest BCUT2D eigenvalue weighted by atomic mass is 10.1. The topological polar surface area (TPSA) is 12.0 Å². The quantitative estimate of drug-likeness (QED) is 0.389. The first kappa shape index (κ1) is 16.4. The van der Waals surface area contributed by atoms with Crippen LogP contribution in [-0.2, 0) is 5.88 Å². The summed E-state index contributed by atoms with van der Waals surface area (Å²) >= 11 is 5.83. The van der Waals surface area contributed by atoms with E-state index in [1.165, 1.54) is 62.6 Å². The molecule has 0 heterocycles. The highest BCUT2D eigenvalue weighted by molar-refractivity contribution is 6.17. The summed E-state index contributed by atoms with van der Waals surface area (Å²) in [5, 5.41) is 3.47. The van der Waals surface area contributed by atoms with Crippen molar-refractivity contribution in [1.29, 1.82) is 0 Å². The van der Waals surface area contributed by atoms with Gasteiger partial charge < -0.3 is 5.32 Å². The van der Waals surface area contributed by atoms with Crippen molar-refractivity contribution in [3.05, 3.63) is 29.8 Å². The molecule has 1 rings (SSSR count). The third-order valence-electron chi connectivity index (χ3n) is 3.44. The van der Waals surface area contributed by atoms with Crippen molar-refractivity contribution >= 4 is 17.3 Å². The van der Waals surface area contributed by atoms with Gasteiger partial charge in [-0.1, -0.05) is 64.0 Å². The van der Waals surface area contributed by atoms with Gasteiger partial charge in [0.05, 0.1) is 0 Å². The number of halogens is 1. The highest BCUT2D eigenvalue weighted by Crippen LogP contribution is 2.13. The molecule has 0 aliphatic carbocycles. The van der Waals surface area contributed by atoms with Gasteiger partial charge in [0.2, 0.25) is 0 Å². The summed E-state index contributed by atoms with van der Waals surface area (Å²) in [6.45, 7) is 3.34. The first-order valence-electron chi connectivity index (χ1n) is 7.75. The molecule has 19 heavy (non-hydrogen) atoms. The molecule has 108 valence electrons. The van der Waals surface area contributed by atoms with Crippen LogP contribution in [0.1, 0.15) is 63.9 Å². The number of unbranched alkanes of at least 4 members (excludes halogenated alkanes) is 7. The second-order valence-electron chi connectivity index (χ2n) is 5.24. The van der Waals surface area contributed by atoms with Gasteiger partial charge in [0.1, 0.15) is 0 Å². The number of anilines is 1. The van der Waals surface area contributed by atoms with E-state index < -0.39 is 0 Å². The van der Waals surface area contributed by atoms with E-state index in [1.54, 1.807) is 0 Å². The van der Waals surface area contributed by atoms with Crippen LogP contribution in [0.2, 0.25) is 0 Å². The van der Waals surface area contributed by atoms with Gasteiger partial charge in [-0.2, -0.15) is 0 Å². The fraction of sp³-hybridized carbons (Fsp3) is 0.647. The van der Waals surface area contributed by atoms with E-state index in [1.807, 2.05) is 0 Å². The highest BCUT2D eigenvalue weighted by Gasteiger charge is 1.95. The maximum atomic E-state index is 5.83. The molecule has 0 fully saturated rings. The average Bonchev–Trinajstić information content (AvgIpc) is 2.46. The molecule has 0 bridgehead atoms. The van der Waals surface area contributed by atoms with E-state index in [-0.39, 0.29) is 0 Å². The van der Waals surface area contributed by atoms with Crippen LogP contribution in [0.5, 0.6) is 0 Å². The van der Waals surface area contributed by atoms with E-state index in [0.29, 0.717) is 5.88 Å². The van der Waals surface area contributed by atoms with Crippen molar-refractivity contribution in [2.75, 3.05) is 11.9 Å². The van der Waals surface area contributed by atoms with Crippen LogP contribution in [0.15, 0.2) is 24.3 Å². The number of hydrogen-bond acceptors (Lipinski definition) is 1. The average molecular weight is 282 g/mol. The molecule has 0 saturated carbocycles. The molecular weight excluding hydrogens is 254 g/mol. The first-order chi connectivity index (χ1) is 9.36. The number of alkyl halides is 1. The predicted molar refractivity (Wildman–Crippen MR) is 87.1 cm³/mol. The SMILES string of the molecule is CCCCCCCCCCNc1cccc(CCl)c1. The molecule has 0 radical (unpaired) electrons. The van der Waals surface area contributed by atoms with E-state index in [0.717, 1.165) is 6.54 Å². The number of benzene rings is 1. The minimum atomic E-state index is 0.591. The minimum absolute atomic E-state index is 0.591. The van der Waals surface area contributed by atoms with Crippen molar-refractivity contribution in [3.63, 3.8) is 0 Å². The standard InChI is InChI=1S/C17H28ClN/c1-2-3-4-5-6-7-8-9-13-19-17-12-10-11-16(14-17)15-18/h10-12,14,19H,2-9,13,15H2,1H3. The normalized spacial score (nSPS) is 10.6. The fourth-order valence-corrected chi connectivity index (χ4v) is 2.42. The monoisotopic (exact) mass is 281 g/mol. The smallest absolute Gasteiger partial charge is 0.0474 e. The molecule has 2 heteroatoms. The lowest BCUT2D eigenvalue weighted by molar-refractivity contribution is 0.581. The Kier molecular flexibility index (Phi) is 9.61. The molecule has 0 aliphatic heterocycles. The maximum absolute atomic E-state index is 5.83. The Morgan fingerprint density at radius 2 is 1.63 bits per heavy atom. The van der Waals surface area contributed by atoms with Crippen LogP contribution in [0.25, 0.3) is 0 Å². The zero-order chi connectivity index (χ0) is 13.8. The van der Waals surface area contributed by atoms with Gasteiger partial charge in [-0.05, 0) is 24.1 Å². The van der Waals surface area contributed by atoms with Crippen LogP contribution in [0.4, 0.5) is 5.69 Å². The zero-order valence-corrected chi connectivity index (χ0v) is 13.0. The van der Waals surface area contributed by atoms with Crippen molar-refractivity contribution in [3.8, 4) is 0 Å². The lowest BCUT2D eigenvalue weighted by Crippen LogP contribution is -2.01. The molecule has 0 saturated heterocycles. The van der Waals surface area contributed by atoms with E-state index in [4.69, 9.17) is 11.6 Å². The van der Waals surface area contributed by atoms with Gasteiger partial charge in [-0.3, -0.25) is 0 Å². The molecule has 0 amide bonds. The number of rotatable bonds is 11. The van der Waals surface area contributed by atoms with Crippen molar-refractivity contribution in [2.45, 2.75) is 64.2 Å². The van der Waals surface area contributed by atoms with Gasteiger partial charge >= 0.3 is 0 Å². The second kappa shape index (κ2) is 11.2. The summed E-state index contributed by atoms with van der Waals surface area (Å²) in [7, 11) is 0. The van der Waals surface area contributed by atoms with Crippen LogP contribution < -0.4 is 5.32 Å². The van der Waals surface area contributed by atoms with Crippen LogP contribution in [0, 0.1) is 0 Å². The molecule has 1 nitrogen and oxygen atoms in total. The maximum Gasteiger partial charge on any atom is 0.0474 e. The Labute approximate surface area is 123 Å². The van der Waals surface area contributed by atoms with Gasteiger partial charge in [0.15, 0.2) is 0 Å². The summed E-state index contributed by atoms with van der Waals surface area (Å²) in [4.78, 5) is 0. The Bertz CT molecular complexity index is 325. The van der Waals surface area contributed by atoms with Crippen LogP contribution >= 0.6 is 11.6 Å². The third-order valence-corrected chi connectivity index (χ3v) is 3.75. The fourth-order valence-electron chi connectivity index (χ4n) is 2.26. The highest BCUT2D eigenvalue weighted by atomic mass is 35.5. The summed E-state index contributed by atoms with van der Waals surface area (Å²) in [6, 6.07) is 8.38. The van der Waals surface area contributed by atoms with Crippen molar-refractivity contribution in [1.82, 2.24) is 0 Å². The van der Waals surface area contributed by atoms with Gasteiger partial charge in [0, 0.05) is 18.1 Å². The molecule has 1 aromatic carbocycles. The summed E-state index contributed by atoms with van der Waals surface area (Å²) < 4.78 is 0. The minimum Gasteiger partial charge on any atom is -0.385 e. The second-order valence-corrected chi connectivity index (χ2v) is 5.50. The summed E-state index contributed by atoms with van der Waals surface area (Å²) in [5.74, 6) is 0.591. The van der Waals surface area contributed by atoms with Crippen molar-refractivity contribution < 1.29 is 0 Å². The summed E-state index contributed by atoms with van der Waals surface area (Å²) in [5.41, 5.74) is 2.38. The van der Waals surface area contributed by atoms with E-state index in [2.05, 4.69) is 36.5 Å². The number of hydrogen-bond donors (Lipinski definition) is 1. The Hall–Kier alpha value is -0.690. The van der Waals surface area contributed by atoms with Gasteiger partial charge in [-0.25, -0.2) is 0 Å². The molecular formula is C17H28ClN. The Balaban J connectivity index is 1.98. The Morgan fingerprint density at radius 1 is 0.947 bits per heavy atom. The van der Waals surface area contributed by atoms with Gasteiger partial charge in [0.25, 0.3) is 0 Å². The third kappa shape index (κ3) is 8.15. The Morgan fingerprint density at radius 3 is 2.32 bits per heavy atom. The van der Waals surface area contributed by atoms with Crippen molar-refractivity contribution in [2.24, 2.45) is 0 Å².